The molecule has 0 saturated heterocycles. The Labute approximate surface area is 163 Å². The summed E-state index contributed by atoms with van der Waals surface area (Å²) in [6.07, 6.45) is 0. The Morgan fingerprint density at radius 2 is 1.73 bits per heavy atom. The van der Waals surface area contributed by atoms with Crippen molar-refractivity contribution in [1.29, 1.82) is 0 Å². The third-order valence-corrected chi connectivity index (χ3v) is 4.65. The fourth-order valence-electron chi connectivity index (χ4n) is 2.74. The number of aryl methyl sites for hydroxylation is 2. The molecule has 0 spiro atoms. The highest BCUT2D eigenvalue weighted by Crippen LogP contribution is 2.30. The lowest BCUT2D eigenvalue weighted by molar-refractivity contribution is -0.117. The molecule has 1 amide bonds. The molecule has 6 heteroatoms. The van der Waals surface area contributed by atoms with Gasteiger partial charge in [-0.2, -0.15) is 0 Å². The summed E-state index contributed by atoms with van der Waals surface area (Å²) in [6.45, 7) is 4.93. The Morgan fingerprint density at radius 1 is 1.08 bits per heavy atom. The largest absolute Gasteiger partial charge is 0.493 e. The van der Waals surface area contributed by atoms with Crippen LogP contribution in [0.3, 0.4) is 0 Å². The number of halogens is 1. The van der Waals surface area contributed by atoms with E-state index in [1.165, 1.54) is 0 Å². The number of likely N-dealkylation sites (N-methyl/N-ethyl adjacent to an activating group) is 1. The number of anilines is 1. The summed E-state index contributed by atoms with van der Waals surface area (Å²) in [6, 6.07) is 9.70. The zero-order chi connectivity index (χ0) is 19.3. The predicted octanol–water partition coefficient (Wildman–Crippen LogP) is 4.15. The number of hydrogen-bond acceptors (Lipinski definition) is 4. The van der Waals surface area contributed by atoms with Gasteiger partial charge < -0.3 is 14.8 Å². The van der Waals surface area contributed by atoms with Gasteiger partial charge in [0.05, 0.1) is 20.8 Å². The van der Waals surface area contributed by atoms with Crippen molar-refractivity contribution in [2.45, 2.75) is 20.4 Å². The summed E-state index contributed by atoms with van der Waals surface area (Å²) in [5, 5.41) is 2.96. The molecule has 26 heavy (non-hydrogen) atoms. The van der Waals surface area contributed by atoms with Gasteiger partial charge in [-0.15, -0.1) is 0 Å². The predicted molar refractivity (Wildman–Crippen MR) is 108 cm³/mol. The number of carbonyl (C=O) groups is 1. The van der Waals surface area contributed by atoms with E-state index in [-0.39, 0.29) is 5.91 Å². The molecule has 0 heterocycles. The summed E-state index contributed by atoms with van der Waals surface area (Å²) < 4.78 is 11.7. The van der Waals surface area contributed by atoms with E-state index in [9.17, 15) is 4.79 Å². The van der Waals surface area contributed by atoms with Gasteiger partial charge in [-0.1, -0.05) is 15.9 Å². The van der Waals surface area contributed by atoms with Gasteiger partial charge in [0.15, 0.2) is 11.5 Å². The fourth-order valence-corrected chi connectivity index (χ4v) is 3.22. The first-order chi connectivity index (χ1) is 12.3. The SMILES string of the molecule is COc1cc(C)c(CN(C)CC(=O)Nc2ccc(Br)cc2C)cc1OC. The smallest absolute Gasteiger partial charge is 0.238 e. The minimum absolute atomic E-state index is 0.0453. The van der Waals surface area contributed by atoms with Crippen molar-refractivity contribution in [2.75, 3.05) is 33.1 Å². The molecule has 0 aromatic heterocycles. The number of methoxy groups -OCH3 is 2. The van der Waals surface area contributed by atoms with Gasteiger partial charge in [0.25, 0.3) is 0 Å². The molecule has 0 fully saturated rings. The van der Waals surface area contributed by atoms with Crippen molar-refractivity contribution in [3.05, 3.63) is 51.5 Å². The molecule has 0 aliphatic rings. The molecule has 1 N–H and O–H groups in total. The number of amides is 1. The Bertz CT molecular complexity index is 793. The third kappa shape index (κ3) is 5.22. The Balaban J connectivity index is 2.01. The number of hydrogen-bond donors (Lipinski definition) is 1. The number of rotatable bonds is 7. The standard InChI is InChI=1S/C20H25BrN2O3/c1-13-9-18(25-4)19(26-5)10-15(13)11-23(3)12-20(24)22-17-7-6-16(21)8-14(17)2/h6-10H,11-12H2,1-5H3,(H,22,24). The van der Waals surface area contributed by atoms with Crippen LogP contribution >= 0.6 is 15.9 Å². The molecule has 2 aromatic rings. The van der Waals surface area contributed by atoms with E-state index in [4.69, 9.17) is 9.47 Å². The maximum absolute atomic E-state index is 12.3. The van der Waals surface area contributed by atoms with Crippen LogP contribution in [0.15, 0.2) is 34.8 Å². The topological polar surface area (TPSA) is 50.8 Å². The average molecular weight is 421 g/mol. The second kappa shape index (κ2) is 9.05. The minimum atomic E-state index is -0.0453. The number of nitrogens with zero attached hydrogens (tertiary/aromatic N) is 1. The summed E-state index contributed by atoms with van der Waals surface area (Å²) in [7, 11) is 5.16. The van der Waals surface area contributed by atoms with Crippen molar-refractivity contribution < 1.29 is 14.3 Å². The number of nitrogens with one attached hydrogen (secondary N) is 1. The van der Waals surface area contributed by atoms with Crippen LogP contribution in [0.4, 0.5) is 5.69 Å². The molecule has 0 aliphatic heterocycles. The van der Waals surface area contributed by atoms with Gasteiger partial charge in [0.1, 0.15) is 0 Å². The fraction of sp³-hybridized carbons (Fsp3) is 0.350. The molecule has 0 unspecified atom stereocenters. The second-order valence-electron chi connectivity index (χ2n) is 6.31. The molecule has 2 rings (SSSR count). The van der Waals surface area contributed by atoms with Crippen LogP contribution < -0.4 is 14.8 Å². The molecule has 0 atom stereocenters. The summed E-state index contributed by atoms with van der Waals surface area (Å²) in [5.41, 5.74) is 4.04. The van der Waals surface area contributed by atoms with Crippen molar-refractivity contribution in [2.24, 2.45) is 0 Å². The number of benzene rings is 2. The van der Waals surface area contributed by atoms with E-state index in [1.54, 1.807) is 14.2 Å². The van der Waals surface area contributed by atoms with Crippen LogP contribution in [0, 0.1) is 13.8 Å². The van der Waals surface area contributed by atoms with Crippen LogP contribution in [0.2, 0.25) is 0 Å². The van der Waals surface area contributed by atoms with Gasteiger partial charge in [0.2, 0.25) is 5.91 Å². The second-order valence-corrected chi connectivity index (χ2v) is 7.23. The van der Waals surface area contributed by atoms with Gasteiger partial charge in [0, 0.05) is 16.7 Å². The van der Waals surface area contributed by atoms with E-state index in [2.05, 4.69) is 21.2 Å². The van der Waals surface area contributed by atoms with E-state index < -0.39 is 0 Å². The highest BCUT2D eigenvalue weighted by Gasteiger charge is 2.13. The third-order valence-electron chi connectivity index (χ3n) is 4.16. The van der Waals surface area contributed by atoms with Crippen LogP contribution in [0.5, 0.6) is 11.5 Å². The Morgan fingerprint density at radius 3 is 2.35 bits per heavy atom. The summed E-state index contributed by atoms with van der Waals surface area (Å²) in [4.78, 5) is 14.3. The van der Waals surface area contributed by atoms with E-state index in [0.29, 0.717) is 24.6 Å². The van der Waals surface area contributed by atoms with E-state index in [1.807, 2.05) is 56.1 Å². The van der Waals surface area contributed by atoms with Crippen molar-refractivity contribution >= 4 is 27.5 Å². The first kappa shape index (κ1) is 20.3. The van der Waals surface area contributed by atoms with Crippen LogP contribution in [0.1, 0.15) is 16.7 Å². The normalized spacial score (nSPS) is 10.7. The molecule has 5 nitrogen and oxygen atoms in total. The average Bonchev–Trinajstić information content (AvgIpc) is 2.58. The minimum Gasteiger partial charge on any atom is -0.493 e. The summed E-state index contributed by atoms with van der Waals surface area (Å²) in [5.74, 6) is 1.35. The molecular weight excluding hydrogens is 396 g/mol. The molecule has 0 radical (unpaired) electrons. The van der Waals surface area contributed by atoms with Crippen LogP contribution in [0.25, 0.3) is 0 Å². The lowest BCUT2D eigenvalue weighted by atomic mass is 10.1. The lowest BCUT2D eigenvalue weighted by Crippen LogP contribution is -2.30. The first-order valence-electron chi connectivity index (χ1n) is 8.30. The molecule has 140 valence electrons. The first-order valence-corrected chi connectivity index (χ1v) is 9.09. The Kier molecular flexibility index (Phi) is 7.06. The molecule has 0 bridgehead atoms. The van der Waals surface area contributed by atoms with Gasteiger partial charge in [-0.25, -0.2) is 0 Å². The molecule has 0 saturated carbocycles. The summed E-state index contributed by atoms with van der Waals surface area (Å²) >= 11 is 3.43. The highest BCUT2D eigenvalue weighted by molar-refractivity contribution is 9.10. The molecular formula is C20H25BrN2O3. The highest BCUT2D eigenvalue weighted by atomic mass is 79.9. The van der Waals surface area contributed by atoms with E-state index >= 15 is 0 Å². The maximum atomic E-state index is 12.3. The number of ether oxygens (including phenoxy) is 2. The lowest BCUT2D eigenvalue weighted by Gasteiger charge is -2.19. The van der Waals surface area contributed by atoms with Crippen molar-refractivity contribution in [3.8, 4) is 11.5 Å². The van der Waals surface area contributed by atoms with Crippen molar-refractivity contribution in [1.82, 2.24) is 4.90 Å². The quantitative estimate of drug-likeness (QED) is 0.730. The van der Waals surface area contributed by atoms with Gasteiger partial charge in [-0.05, 0) is 67.9 Å². The van der Waals surface area contributed by atoms with Gasteiger partial charge in [-0.3, -0.25) is 9.69 Å². The van der Waals surface area contributed by atoms with Crippen LogP contribution in [-0.4, -0.2) is 38.6 Å². The molecule has 2 aromatic carbocycles. The molecule has 0 aliphatic carbocycles. The Hall–Kier alpha value is -2.05. The number of carbonyl (C=O) groups excluding carboxylic acids is 1. The van der Waals surface area contributed by atoms with Crippen LogP contribution in [-0.2, 0) is 11.3 Å². The zero-order valence-electron chi connectivity index (χ0n) is 15.9. The zero-order valence-corrected chi connectivity index (χ0v) is 17.4. The van der Waals surface area contributed by atoms with E-state index in [0.717, 1.165) is 26.9 Å². The van der Waals surface area contributed by atoms with Crippen molar-refractivity contribution in [3.63, 3.8) is 0 Å². The monoisotopic (exact) mass is 420 g/mol. The maximum Gasteiger partial charge on any atom is 0.238 e. The van der Waals surface area contributed by atoms with Gasteiger partial charge >= 0.3 is 0 Å².